The van der Waals surface area contributed by atoms with Gasteiger partial charge in [0.15, 0.2) is 11.9 Å². The molecule has 32 N–H and O–H groups in total. The number of hydrogen-bond donors (Lipinski definition) is 25. The maximum absolute atomic E-state index is 15.0. The molecule has 1 aliphatic heterocycles. The predicted octanol–water partition coefficient (Wildman–Crippen LogP) is -9.79. The van der Waals surface area contributed by atoms with Gasteiger partial charge in [-0.15, -0.1) is 0 Å². The van der Waals surface area contributed by atoms with Crippen LogP contribution in [0.2, 0.25) is 0 Å². The Labute approximate surface area is 667 Å². The van der Waals surface area contributed by atoms with E-state index in [2.05, 4.69) is 89.7 Å². The Morgan fingerprint density at radius 1 is 0.452 bits per heavy atom. The molecule has 0 aromatic rings. The number of unbranched alkanes of at least 4 members (excludes halogenated alkanes) is 1. The summed E-state index contributed by atoms with van der Waals surface area (Å²) >= 11 is 0. The molecule has 115 heavy (non-hydrogen) atoms. The van der Waals surface area contributed by atoms with Crippen LogP contribution in [-0.4, -0.2) is 258 Å². The molecular weight excluding hydrogens is 1510 g/mol. The lowest BCUT2D eigenvalue weighted by Gasteiger charge is -2.30. The van der Waals surface area contributed by atoms with Crippen LogP contribution in [0.4, 0.5) is 0 Å². The number of amides is 17. The quantitative estimate of drug-likeness (QED) is 0.0153. The first-order valence-corrected chi connectivity index (χ1v) is 38.2. The first-order valence-electron chi connectivity index (χ1n) is 38.2. The molecule has 0 unspecified atom stereocenters. The maximum Gasteiger partial charge on any atom is 0.326 e. The van der Waals surface area contributed by atoms with Gasteiger partial charge in [-0.25, -0.2) is 4.79 Å². The van der Waals surface area contributed by atoms with Gasteiger partial charge in [0, 0.05) is 13.1 Å². The van der Waals surface area contributed by atoms with E-state index in [0.29, 0.717) is 6.42 Å². The molecule has 0 aliphatic carbocycles. The summed E-state index contributed by atoms with van der Waals surface area (Å²) in [5, 5.41) is 66.4. The molecule has 1 heterocycles. The number of rotatable bonds is 43. The lowest BCUT2D eigenvalue weighted by Crippen LogP contribution is -2.62. The minimum Gasteiger partial charge on any atom is -0.480 e. The zero-order valence-electron chi connectivity index (χ0n) is 67.1. The van der Waals surface area contributed by atoms with Crippen molar-refractivity contribution in [2.75, 3.05) is 45.9 Å². The number of carboxylic acid groups (broad SMARTS) is 1. The zero-order valence-corrected chi connectivity index (χ0v) is 67.1. The van der Waals surface area contributed by atoms with Gasteiger partial charge >= 0.3 is 5.97 Å². The van der Waals surface area contributed by atoms with E-state index < -0.39 is 242 Å². The third-order valence-corrected chi connectivity index (χ3v) is 17.5. The summed E-state index contributed by atoms with van der Waals surface area (Å²) in [7, 11) is 0. The Bertz CT molecular complexity index is 3390. The summed E-state index contributed by atoms with van der Waals surface area (Å²) in [5.41, 5.74) is 38.4. The van der Waals surface area contributed by atoms with E-state index in [0.717, 1.165) is 0 Å². The minimum absolute atomic E-state index is 0.0340. The molecule has 0 spiro atoms. The van der Waals surface area contributed by atoms with Crippen molar-refractivity contribution in [1.29, 1.82) is 0 Å². The molecule has 0 saturated carbocycles. The maximum atomic E-state index is 15.0. The normalized spacial score (nSPS) is 19.8. The molecule has 45 nitrogen and oxygen atoms in total. The molecular formula is C70H124N24O21. The van der Waals surface area contributed by atoms with E-state index in [1.54, 1.807) is 69.2 Å². The first-order chi connectivity index (χ1) is 53.9. The lowest BCUT2D eigenvalue weighted by atomic mass is 9.95. The van der Waals surface area contributed by atoms with Gasteiger partial charge in [-0.3, -0.25) is 91.5 Å². The number of aliphatic hydroxyl groups is 2. The Hall–Kier alpha value is -11.1. The second-order valence-corrected chi connectivity index (χ2v) is 29.7. The highest BCUT2D eigenvalue weighted by molar-refractivity contribution is 6.02. The van der Waals surface area contributed by atoms with Crippen molar-refractivity contribution in [3.8, 4) is 0 Å². The fraction of sp³-hybridized carbons (Fsp3) is 0.714. The number of carbonyl (C=O) groups is 18. The summed E-state index contributed by atoms with van der Waals surface area (Å²) in [5.74, 6) is -23.0. The van der Waals surface area contributed by atoms with E-state index >= 15 is 4.79 Å². The number of hydrogen-bond acceptors (Lipinski definition) is 23. The molecule has 0 radical (unpaired) electrons. The van der Waals surface area contributed by atoms with Gasteiger partial charge in [0.05, 0.1) is 45.6 Å². The molecule has 45 heteroatoms. The van der Waals surface area contributed by atoms with Gasteiger partial charge < -0.3 is 135 Å². The van der Waals surface area contributed by atoms with Crippen LogP contribution >= 0.6 is 0 Å². The fourth-order valence-corrected chi connectivity index (χ4v) is 11.4. The van der Waals surface area contributed by atoms with E-state index in [1.807, 2.05) is 0 Å². The number of nitrogens with two attached hydrogens (primary N) is 7. The van der Waals surface area contributed by atoms with Crippen molar-refractivity contribution < 1.29 is 102 Å². The first kappa shape index (κ1) is 102. The molecule has 0 aromatic carbocycles. The van der Waals surface area contributed by atoms with Gasteiger partial charge in [-0.05, 0) is 107 Å². The molecule has 1 saturated heterocycles. The van der Waals surface area contributed by atoms with Crippen LogP contribution in [0, 0.1) is 29.6 Å². The molecule has 17 amide bonds. The predicted molar refractivity (Wildman–Crippen MR) is 415 cm³/mol. The van der Waals surface area contributed by atoms with Crippen LogP contribution in [0.25, 0.3) is 0 Å². The number of carboxylic acids is 1. The van der Waals surface area contributed by atoms with Crippen LogP contribution in [0.3, 0.4) is 0 Å². The monoisotopic (exact) mass is 1640 g/mol. The molecule has 1 aliphatic rings. The van der Waals surface area contributed by atoms with Crippen molar-refractivity contribution in [3.05, 3.63) is 0 Å². The van der Waals surface area contributed by atoms with Crippen LogP contribution in [0.5, 0.6) is 0 Å². The summed E-state index contributed by atoms with van der Waals surface area (Å²) in [6.07, 6.45) is -3.26. The highest BCUT2D eigenvalue weighted by Crippen LogP contribution is 2.17. The second-order valence-electron chi connectivity index (χ2n) is 29.7. The number of primary amides is 2. The van der Waals surface area contributed by atoms with Crippen LogP contribution in [0.15, 0.2) is 9.98 Å². The number of nitrogens with one attached hydrogen (secondary N) is 15. The summed E-state index contributed by atoms with van der Waals surface area (Å²) in [4.78, 5) is 256. The molecule has 1 fully saturated rings. The summed E-state index contributed by atoms with van der Waals surface area (Å²) in [6.45, 7) is 12.8. The average Bonchev–Trinajstić information content (AvgIpc) is 0.932. The Morgan fingerprint density at radius 3 is 1.37 bits per heavy atom. The fourth-order valence-electron chi connectivity index (χ4n) is 11.4. The van der Waals surface area contributed by atoms with E-state index in [9.17, 15) is 96.8 Å². The smallest absolute Gasteiger partial charge is 0.326 e. The van der Waals surface area contributed by atoms with Gasteiger partial charge in [-0.1, -0.05) is 75.7 Å². The molecule has 14 atom stereocenters. The number of carbonyl (C=O) groups excluding carboxylic acids is 17. The van der Waals surface area contributed by atoms with E-state index in [-0.39, 0.29) is 120 Å². The van der Waals surface area contributed by atoms with Gasteiger partial charge in [0.2, 0.25) is 100 Å². The zero-order chi connectivity index (χ0) is 87.5. The molecule has 0 aromatic heterocycles. The molecule has 1 rings (SSSR count). The standard InChI is InChI=1S/C70H124N24O21/c1-11-37(10)55(67(113)90-43(24-35(6)7)62(108)93-49(32-96)66(112)86-39(16-12-13-19-71)60(106)91-47(68(114)115)27-51(73)98)94-65(111)44(25-36(8)9)88-59(105)40(18-15-21-79-70(76)77)85-64(110)46-28-52(99)83-42(23-34(4)5)61(107)87-41(22-33(2)3)56(102)80-29-53(100)82-38(17-14-20-78-69(74)75)58(104)92-48(31-95)57(103)81-30-54(101)84-45(26-50(72)97)63(109)89-46/h33-49,55,95-96H,11-32,71H2,1-10H3,(H2,72,97)(H2,73,98)(H,80,102)(H,81,103)(H,82,100)(H,83,99)(H,84,101)(H,85,110)(H,86,112)(H,87,107)(H,88,105)(H,89,109)(H,90,113)(H,91,106)(H,92,104)(H,93,108)(H,94,111)(H,114,115)(H4,74,75,78)(H4,76,77,79)/t37-,38-,39-,40-,41-,42+,43-,44-,45-,46-,47-,48-,49-,55-/m0/s1. The highest BCUT2D eigenvalue weighted by Gasteiger charge is 2.40. The summed E-state index contributed by atoms with van der Waals surface area (Å²) in [6, 6.07) is -21.7. The number of guanidine groups is 2. The third kappa shape index (κ3) is 41.0. The van der Waals surface area contributed by atoms with E-state index in [1.165, 1.54) is 0 Å². The topological polar surface area (TPSA) is 755 Å². The van der Waals surface area contributed by atoms with Crippen molar-refractivity contribution >= 4 is 118 Å². The van der Waals surface area contributed by atoms with Gasteiger partial charge in [-0.2, -0.15) is 0 Å². The van der Waals surface area contributed by atoms with Crippen LogP contribution in [-0.2, 0) is 86.3 Å². The van der Waals surface area contributed by atoms with Crippen molar-refractivity contribution in [1.82, 2.24) is 79.8 Å². The van der Waals surface area contributed by atoms with Crippen molar-refractivity contribution in [3.63, 3.8) is 0 Å². The number of aliphatic hydroxyl groups excluding tert-OH is 2. The Kier molecular flexibility index (Phi) is 47.0. The molecule has 650 valence electrons. The third-order valence-electron chi connectivity index (χ3n) is 17.5. The van der Waals surface area contributed by atoms with Crippen molar-refractivity contribution in [2.45, 2.75) is 244 Å². The van der Waals surface area contributed by atoms with Crippen LogP contribution in [0.1, 0.15) is 166 Å². The second kappa shape index (κ2) is 53.0. The largest absolute Gasteiger partial charge is 0.480 e. The van der Waals surface area contributed by atoms with E-state index in [4.69, 9.17) is 40.1 Å². The number of nitrogens with zero attached hydrogens (tertiary/aromatic N) is 2. The number of aliphatic imine (C=N–C) groups is 2. The lowest BCUT2D eigenvalue weighted by molar-refractivity contribution is -0.144. The van der Waals surface area contributed by atoms with Crippen molar-refractivity contribution in [2.24, 2.45) is 79.7 Å². The Morgan fingerprint density at radius 2 is 0.878 bits per heavy atom. The summed E-state index contributed by atoms with van der Waals surface area (Å²) < 4.78 is 0. The minimum atomic E-state index is -2.14. The van der Waals surface area contributed by atoms with Gasteiger partial charge in [0.1, 0.15) is 78.5 Å². The average molecular weight is 1640 g/mol. The van der Waals surface area contributed by atoms with Crippen LogP contribution < -0.4 is 120 Å². The SMILES string of the molecule is CC[C@H](C)[C@H](NC(=O)[C@H](CC(C)C)NC(=O)[C@H](CCCN=C(N)N)NC(=O)[C@@H]1CC(=O)N[C@H](CC(C)C)C(=O)N[C@@H](CC(C)C)C(=O)NCC(=O)N[C@@H](CCCN=C(N)N)C(=O)N[C@@H](CO)C(=O)NCC(=O)N[C@@H](CC(N)=O)C(=O)N1)C(=O)N[C@@H](CC(C)C)C(=O)N[C@@H](CO)C(=O)N[C@@H](CCCCN)C(=O)N[C@@H](CC(N)=O)C(=O)O. The highest BCUT2D eigenvalue weighted by atomic mass is 16.4. The molecule has 0 bridgehead atoms. The number of aliphatic carboxylic acids is 1. The Balaban J connectivity index is 4.07. The van der Waals surface area contributed by atoms with Gasteiger partial charge in [0.25, 0.3) is 0 Å².